The molecule has 0 atom stereocenters. The van der Waals surface area contributed by atoms with Crippen LogP contribution in [0.4, 0.5) is 5.13 Å². The van der Waals surface area contributed by atoms with Gasteiger partial charge in [0.25, 0.3) is 5.91 Å². The largest absolute Gasteiger partial charge is 0.462 e. The second-order valence-electron chi connectivity index (χ2n) is 4.99. The molecule has 8 heteroatoms. The van der Waals surface area contributed by atoms with E-state index < -0.39 is 5.97 Å². The minimum Gasteiger partial charge on any atom is -0.462 e. The minimum atomic E-state index is -0.455. The lowest BCUT2D eigenvalue weighted by Gasteiger charge is -2.01. The van der Waals surface area contributed by atoms with Gasteiger partial charge in [-0.1, -0.05) is 41.7 Å². The smallest absolute Gasteiger partial charge is 0.350 e. The number of nitrogens with one attached hydrogen (secondary N) is 1. The van der Waals surface area contributed by atoms with Crippen LogP contribution in [0.3, 0.4) is 0 Å². The summed E-state index contributed by atoms with van der Waals surface area (Å²) in [6, 6.07) is 9.31. The van der Waals surface area contributed by atoms with Gasteiger partial charge in [-0.25, -0.2) is 14.8 Å². The topological polar surface area (TPSA) is 81.2 Å². The lowest BCUT2D eigenvalue weighted by Crippen LogP contribution is -2.12. The van der Waals surface area contributed by atoms with Gasteiger partial charge in [0.1, 0.15) is 10.6 Å². The molecule has 2 aromatic heterocycles. The highest BCUT2D eigenvalue weighted by molar-refractivity contribution is 7.18. The maximum Gasteiger partial charge on any atom is 0.350 e. The number of esters is 1. The van der Waals surface area contributed by atoms with Crippen LogP contribution in [0.5, 0.6) is 0 Å². The normalized spacial score (nSPS) is 10.5. The van der Waals surface area contributed by atoms with E-state index >= 15 is 0 Å². The first kappa shape index (κ1) is 17.2. The van der Waals surface area contributed by atoms with Gasteiger partial charge in [-0.3, -0.25) is 10.1 Å². The highest BCUT2D eigenvalue weighted by atomic mass is 32.1. The Morgan fingerprint density at radius 3 is 2.60 bits per heavy atom. The number of ether oxygens (including phenoxy) is 1. The lowest BCUT2D eigenvalue weighted by molar-refractivity contribution is 0.0532. The molecule has 0 aliphatic carbocycles. The summed E-state index contributed by atoms with van der Waals surface area (Å²) in [5, 5.41) is 5.53. The summed E-state index contributed by atoms with van der Waals surface area (Å²) in [5.74, 6) is -0.808. The Hall–Kier alpha value is -2.58. The predicted octanol–water partition coefficient (Wildman–Crippen LogP) is 4.00. The summed E-state index contributed by atoms with van der Waals surface area (Å²) < 4.78 is 5.10. The number of nitrogens with zero attached hydrogens (tertiary/aromatic N) is 2. The van der Waals surface area contributed by atoms with Crippen molar-refractivity contribution in [3.05, 3.63) is 51.3 Å². The number of hydrogen-bond donors (Lipinski definition) is 1. The number of aromatic nitrogens is 2. The van der Waals surface area contributed by atoms with E-state index in [-0.39, 0.29) is 12.5 Å². The fraction of sp³-hybridized carbons (Fsp3) is 0.176. The molecule has 6 nitrogen and oxygen atoms in total. The zero-order chi connectivity index (χ0) is 17.8. The van der Waals surface area contributed by atoms with Crippen molar-refractivity contribution in [1.29, 1.82) is 0 Å². The highest BCUT2D eigenvalue weighted by Gasteiger charge is 2.22. The van der Waals surface area contributed by atoms with E-state index in [4.69, 9.17) is 4.74 Å². The van der Waals surface area contributed by atoms with Gasteiger partial charge in [-0.05, 0) is 13.8 Å². The summed E-state index contributed by atoms with van der Waals surface area (Å²) in [6.07, 6.45) is 0. The zero-order valence-electron chi connectivity index (χ0n) is 13.6. The molecule has 128 valence electrons. The molecule has 0 fully saturated rings. The van der Waals surface area contributed by atoms with Crippen LogP contribution in [-0.2, 0) is 4.74 Å². The fourth-order valence-electron chi connectivity index (χ4n) is 2.13. The van der Waals surface area contributed by atoms with Crippen molar-refractivity contribution >= 4 is 39.7 Å². The van der Waals surface area contributed by atoms with Gasteiger partial charge in [0, 0.05) is 10.9 Å². The van der Waals surface area contributed by atoms with Crippen LogP contribution in [0.25, 0.3) is 11.3 Å². The van der Waals surface area contributed by atoms with Gasteiger partial charge < -0.3 is 4.74 Å². The highest BCUT2D eigenvalue weighted by Crippen LogP contribution is 2.32. The standard InChI is InChI=1S/C17H15N3O3S2/c1-3-23-16(22)14-13(11-7-5-4-6-8-11)19-17(25-14)20-15(21)12-9-24-10(2)18-12/h4-9H,3H2,1-2H3,(H,19,20,21). The molecule has 0 bridgehead atoms. The molecule has 0 saturated heterocycles. The number of carbonyl (C=O) groups is 2. The van der Waals surface area contributed by atoms with E-state index in [1.165, 1.54) is 11.3 Å². The zero-order valence-corrected chi connectivity index (χ0v) is 15.2. The summed E-state index contributed by atoms with van der Waals surface area (Å²) in [4.78, 5) is 33.4. The molecule has 3 rings (SSSR count). The molecular weight excluding hydrogens is 358 g/mol. The lowest BCUT2D eigenvalue weighted by atomic mass is 10.1. The molecule has 2 heterocycles. The van der Waals surface area contributed by atoms with Gasteiger partial charge in [0.05, 0.1) is 17.3 Å². The van der Waals surface area contributed by atoms with Gasteiger partial charge in [0.15, 0.2) is 5.13 Å². The number of rotatable bonds is 5. The van der Waals surface area contributed by atoms with Gasteiger partial charge >= 0.3 is 5.97 Å². The predicted molar refractivity (Wildman–Crippen MR) is 98.3 cm³/mol. The average Bonchev–Trinajstić information content (AvgIpc) is 3.22. The summed E-state index contributed by atoms with van der Waals surface area (Å²) in [5.41, 5.74) is 1.61. The van der Waals surface area contributed by atoms with Crippen molar-refractivity contribution in [2.24, 2.45) is 0 Å². The van der Waals surface area contributed by atoms with Crippen molar-refractivity contribution in [2.75, 3.05) is 11.9 Å². The van der Waals surface area contributed by atoms with Crippen molar-refractivity contribution in [3.8, 4) is 11.3 Å². The van der Waals surface area contributed by atoms with Crippen LogP contribution < -0.4 is 5.32 Å². The van der Waals surface area contributed by atoms with Gasteiger partial charge in [0.2, 0.25) is 0 Å². The minimum absolute atomic E-state index is 0.269. The van der Waals surface area contributed by atoms with Crippen LogP contribution in [0.2, 0.25) is 0 Å². The Kier molecular flexibility index (Phi) is 5.20. The van der Waals surface area contributed by atoms with Gasteiger partial charge in [-0.2, -0.15) is 0 Å². The van der Waals surface area contributed by atoms with Crippen LogP contribution >= 0.6 is 22.7 Å². The second-order valence-corrected chi connectivity index (χ2v) is 7.05. The van der Waals surface area contributed by atoms with Gasteiger partial charge in [-0.15, -0.1) is 11.3 Å². The summed E-state index contributed by atoms with van der Waals surface area (Å²) in [7, 11) is 0. The van der Waals surface area contributed by atoms with Crippen molar-refractivity contribution in [2.45, 2.75) is 13.8 Å². The third-order valence-electron chi connectivity index (χ3n) is 3.21. The number of amides is 1. The molecule has 0 aliphatic rings. The Bertz CT molecular complexity index is 903. The van der Waals surface area contributed by atoms with E-state index in [0.29, 0.717) is 21.4 Å². The maximum atomic E-state index is 12.3. The third kappa shape index (κ3) is 3.92. The van der Waals surface area contributed by atoms with Crippen LogP contribution in [0, 0.1) is 6.92 Å². The number of benzene rings is 1. The summed E-state index contributed by atoms with van der Waals surface area (Å²) >= 11 is 2.49. The molecule has 3 aromatic rings. The van der Waals surface area contributed by atoms with E-state index in [1.807, 2.05) is 37.3 Å². The fourth-order valence-corrected chi connectivity index (χ4v) is 3.60. The molecule has 0 radical (unpaired) electrons. The Morgan fingerprint density at radius 2 is 1.96 bits per heavy atom. The first-order valence-corrected chi connectivity index (χ1v) is 9.25. The number of thiazole rings is 2. The SMILES string of the molecule is CCOC(=O)c1sc(NC(=O)c2csc(C)n2)nc1-c1ccccc1. The first-order valence-electron chi connectivity index (χ1n) is 7.55. The van der Waals surface area contributed by atoms with Crippen LogP contribution in [0.1, 0.15) is 32.1 Å². The first-order chi connectivity index (χ1) is 12.1. The van der Waals surface area contributed by atoms with E-state index in [9.17, 15) is 9.59 Å². The van der Waals surface area contributed by atoms with Crippen LogP contribution in [-0.4, -0.2) is 28.5 Å². The van der Waals surface area contributed by atoms with Crippen molar-refractivity contribution < 1.29 is 14.3 Å². The molecule has 1 N–H and O–H groups in total. The number of carbonyl (C=O) groups excluding carboxylic acids is 2. The molecule has 1 amide bonds. The molecule has 0 aliphatic heterocycles. The van der Waals surface area contributed by atoms with E-state index in [0.717, 1.165) is 21.9 Å². The molecule has 1 aromatic carbocycles. The Morgan fingerprint density at radius 1 is 1.20 bits per heavy atom. The average molecular weight is 373 g/mol. The van der Waals surface area contributed by atoms with Crippen molar-refractivity contribution in [3.63, 3.8) is 0 Å². The number of hydrogen-bond acceptors (Lipinski definition) is 7. The third-order valence-corrected chi connectivity index (χ3v) is 4.93. The quantitative estimate of drug-likeness (QED) is 0.684. The second kappa shape index (κ2) is 7.54. The molecule has 0 unspecified atom stereocenters. The number of anilines is 1. The molecule has 25 heavy (non-hydrogen) atoms. The summed E-state index contributed by atoms with van der Waals surface area (Å²) in [6.45, 7) is 3.84. The molecule has 0 saturated carbocycles. The van der Waals surface area contributed by atoms with Crippen LogP contribution in [0.15, 0.2) is 35.7 Å². The molecular formula is C17H15N3O3S2. The maximum absolute atomic E-state index is 12.3. The monoisotopic (exact) mass is 373 g/mol. The Balaban J connectivity index is 1.93. The van der Waals surface area contributed by atoms with E-state index in [2.05, 4.69) is 15.3 Å². The van der Waals surface area contributed by atoms with Crippen molar-refractivity contribution in [1.82, 2.24) is 9.97 Å². The van der Waals surface area contributed by atoms with E-state index in [1.54, 1.807) is 12.3 Å². The number of aryl methyl sites for hydroxylation is 1. The Labute approximate surface area is 152 Å². The molecule has 0 spiro atoms.